The average molecular weight is 364 g/mol. The van der Waals surface area contributed by atoms with E-state index in [1.165, 1.54) is 0 Å². The molecule has 6 heteroatoms. The molecule has 0 aromatic rings. The van der Waals surface area contributed by atoms with Crippen molar-refractivity contribution in [3.63, 3.8) is 0 Å². The highest BCUT2D eigenvalue weighted by molar-refractivity contribution is 5.91. The summed E-state index contributed by atoms with van der Waals surface area (Å²) in [6.45, 7) is 11.4. The minimum absolute atomic E-state index is 0.103. The molecular formula is C20H28O6. The second-order valence-corrected chi connectivity index (χ2v) is 7.99. The van der Waals surface area contributed by atoms with Crippen molar-refractivity contribution in [2.75, 3.05) is 0 Å². The molecule has 26 heavy (non-hydrogen) atoms. The molecule has 3 rings (SSSR count). The van der Waals surface area contributed by atoms with E-state index >= 15 is 0 Å². The number of ether oxygens (including phenoxy) is 3. The molecule has 0 spiro atoms. The van der Waals surface area contributed by atoms with Gasteiger partial charge in [0, 0.05) is 18.4 Å². The third-order valence-electron chi connectivity index (χ3n) is 5.98. The van der Waals surface area contributed by atoms with Crippen LogP contribution in [0.1, 0.15) is 47.0 Å². The molecule has 0 aromatic carbocycles. The molecular weight excluding hydrogens is 336 g/mol. The van der Waals surface area contributed by atoms with Crippen molar-refractivity contribution >= 4 is 11.9 Å². The zero-order valence-electron chi connectivity index (χ0n) is 15.9. The largest absolute Gasteiger partial charge is 0.461 e. The topological polar surface area (TPSA) is 85.4 Å². The molecule has 7 unspecified atom stereocenters. The zero-order valence-corrected chi connectivity index (χ0v) is 15.9. The molecule has 2 fully saturated rings. The van der Waals surface area contributed by atoms with Crippen LogP contribution in [0.25, 0.3) is 0 Å². The van der Waals surface area contributed by atoms with Gasteiger partial charge in [0.15, 0.2) is 0 Å². The maximum Gasteiger partial charge on any atom is 0.334 e. The van der Waals surface area contributed by atoms with E-state index in [4.69, 9.17) is 14.2 Å². The van der Waals surface area contributed by atoms with Gasteiger partial charge in [-0.25, -0.2) is 4.79 Å². The van der Waals surface area contributed by atoms with Gasteiger partial charge in [0.05, 0.1) is 29.6 Å². The monoisotopic (exact) mass is 364 g/mol. The maximum atomic E-state index is 12.4. The summed E-state index contributed by atoms with van der Waals surface area (Å²) in [6, 6.07) is 0. The van der Waals surface area contributed by atoms with E-state index in [0.717, 1.165) is 0 Å². The number of carbonyl (C=O) groups excluding carboxylic acids is 2. The molecule has 0 radical (unpaired) electrons. The molecule has 0 saturated carbocycles. The lowest BCUT2D eigenvalue weighted by Crippen LogP contribution is -2.38. The van der Waals surface area contributed by atoms with E-state index in [-0.39, 0.29) is 18.0 Å². The summed E-state index contributed by atoms with van der Waals surface area (Å²) in [4.78, 5) is 24.6. The van der Waals surface area contributed by atoms with Crippen LogP contribution in [0.2, 0.25) is 0 Å². The Labute approximate surface area is 154 Å². The highest BCUT2D eigenvalue weighted by Gasteiger charge is 2.57. The molecule has 0 bridgehead atoms. The fourth-order valence-electron chi connectivity index (χ4n) is 3.78. The van der Waals surface area contributed by atoms with Crippen LogP contribution in [-0.2, 0) is 23.8 Å². The lowest BCUT2D eigenvalue weighted by molar-refractivity contribution is -0.157. The maximum absolute atomic E-state index is 12.4. The van der Waals surface area contributed by atoms with Gasteiger partial charge < -0.3 is 19.3 Å². The van der Waals surface area contributed by atoms with Gasteiger partial charge in [-0.15, -0.1) is 0 Å². The highest BCUT2D eigenvalue weighted by atomic mass is 16.6. The van der Waals surface area contributed by atoms with Gasteiger partial charge in [-0.3, -0.25) is 4.79 Å². The number of hydrogen-bond donors (Lipinski definition) is 1. The first kappa shape index (κ1) is 19.1. The Morgan fingerprint density at radius 3 is 2.88 bits per heavy atom. The number of epoxide rings is 1. The standard InChI is InChI=1S/C20H28O6/c1-6-10(2)18(22)25-15-9-20(5)16(26-20)8-13(21)11(3)7-14-17(15)12(4)19(23)24-14/h7,10,13-17,21H,4,6,8-9H2,1-3,5H3. The average Bonchev–Trinajstić information content (AvgIpc) is 3.11. The summed E-state index contributed by atoms with van der Waals surface area (Å²) in [5, 5.41) is 10.4. The Bertz CT molecular complexity index is 653. The van der Waals surface area contributed by atoms with Crippen LogP contribution < -0.4 is 0 Å². The number of aliphatic hydroxyl groups is 1. The number of rotatable bonds is 3. The lowest BCUT2D eigenvalue weighted by Gasteiger charge is -2.29. The quantitative estimate of drug-likeness (QED) is 0.358. The molecule has 0 aromatic heterocycles. The van der Waals surface area contributed by atoms with Crippen LogP contribution in [0.15, 0.2) is 23.8 Å². The van der Waals surface area contributed by atoms with Crippen molar-refractivity contribution in [3.8, 4) is 0 Å². The summed E-state index contributed by atoms with van der Waals surface area (Å²) in [7, 11) is 0. The van der Waals surface area contributed by atoms with Crippen molar-refractivity contribution in [1.82, 2.24) is 0 Å². The molecule has 7 atom stereocenters. The van der Waals surface area contributed by atoms with Crippen LogP contribution >= 0.6 is 0 Å². The van der Waals surface area contributed by atoms with Crippen molar-refractivity contribution in [1.29, 1.82) is 0 Å². The van der Waals surface area contributed by atoms with E-state index < -0.39 is 35.8 Å². The van der Waals surface area contributed by atoms with Crippen LogP contribution in [0.3, 0.4) is 0 Å². The predicted octanol–water partition coefficient (Wildman–Crippen LogP) is 2.30. The van der Waals surface area contributed by atoms with Gasteiger partial charge in [0.1, 0.15) is 12.2 Å². The molecule has 1 N–H and O–H groups in total. The van der Waals surface area contributed by atoms with Gasteiger partial charge >= 0.3 is 11.9 Å². The van der Waals surface area contributed by atoms with Crippen LogP contribution in [-0.4, -0.2) is 47.1 Å². The number of fused-ring (bicyclic) bond motifs is 2. The van der Waals surface area contributed by atoms with Gasteiger partial charge in [-0.1, -0.05) is 20.4 Å². The molecule has 2 heterocycles. The minimum Gasteiger partial charge on any atom is -0.461 e. The summed E-state index contributed by atoms with van der Waals surface area (Å²) >= 11 is 0. The number of carbonyl (C=O) groups is 2. The van der Waals surface area contributed by atoms with Gasteiger partial charge in [-0.2, -0.15) is 0 Å². The van der Waals surface area contributed by atoms with Crippen molar-refractivity contribution in [3.05, 3.63) is 23.8 Å². The fourth-order valence-corrected chi connectivity index (χ4v) is 3.78. The molecule has 0 amide bonds. The first-order valence-corrected chi connectivity index (χ1v) is 9.30. The van der Waals surface area contributed by atoms with Crippen LogP contribution in [0.4, 0.5) is 0 Å². The molecule has 144 valence electrons. The number of hydrogen-bond acceptors (Lipinski definition) is 6. The molecule has 6 nitrogen and oxygen atoms in total. The van der Waals surface area contributed by atoms with Gasteiger partial charge in [-0.05, 0) is 31.9 Å². The first-order valence-electron chi connectivity index (χ1n) is 9.30. The van der Waals surface area contributed by atoms with E-state index in [1.807, 2.05) is 20.8 Å². The summed E-state index contributed by atoms with van der Waals surface area (Å²) in [5.74, 6) is -1.47. The minimum atomic E-state index is -0.658. The Kier molecular flexibility index (Phi) is 5.01. The van der Waals surface area contributed by atoms with Crippen molar-refractivity contribution < 1.29 is 28.9 Å². The predicted molar refractivity (Wildman–Crippen MR) is 94.1 cm³/mol. The summed E-state index contributed by atoms with van der Waals surface area (Å²) in [6.07, 6.45) is 1.42. The van der Waals surface area contributed by atoms with Crippen LogP contribution in [0.5, 0.6) is 0 Å². The van der Waals surface area contributed by atoms with Gasteiger partial charge in [0.2, 0.25) is 0 Å². The first-order chi connectivity index (χ1) is 12.2. The third kappa shape index (κ3) is 3.45. The van der Waals surface area contributed by atoms with Crippen LogP contribution in [0, 0.1) is 11.8 Å². The van der Waals surface area contributed by atoms with Crippen molar-refractivity contribution in [2.24, 2.45) is 11.8 Å². The third-order valence-corrected chi connectivity index (χ3v) is 5.98. The van der Waals surface area contributed by atoms with E-state index in [2.05, 4.69) is 6.58 Å². The fraction of sp³-hybridized carbons (Fsp3) is 0.700. The Hall–Kier alpha value is -1.66. The molecule has 3 aliphatic rings. The highest BCUT2D eigenvalue weighted by Crippen LogP contribution is 2.48. The van der Waals surface area contributed by atoms with E-state index in [1.54, 1.807) is 13.0 Å². The Morgan fingerprint density at radius 1 is 1.54 bits per heavy atom. The molecule has 2 aliphatic heterocycles. The number of aliphatic hydroxyl groups excluding tert-OH is 1. The SMILES string of the molecule is C=C1C(=O)OC2C=C(C)C(O)CC3OC3(C)CC(OC(=O)C(C)CC)C12. The molecule has 1 aliphatic carbocycles. The zero-order chi connectivity index (χ0) is 19.2. The summed E-state index contributed by atoms with van der Waals surface area (Å²) < 4.78 is 17.1. The Morgan fingerprint density at radius 2 is 2.23 bits per heavy atom. The van der Waals surface area contributed by atoms with Crippen molar-refractivity contribution in [2.45, 2.75) is 77.0 Å². The van der Waals surface area contributed by atoms with E-state index in [9.17, 15) is 14.7 Å². The molecule has 2 saturated heterocycles. The number of esters is 2. The van der Waals surface area contributed by atoms with E-state index in [0.29, 0.717) is 30.4 Å². The summed E-state index contributed by atoms with van der Waals surface area (Å²) in [5.41, 5.74) is 0.529. The lowest BCUT2D eigenvalue weighted by atomic mass is 9.82. The Balaban J connectivity index is 1.95. The second kappa shape index (κ2) is 6.82. The normalized spacial score (nSPS) is 40.7. The smallest absolute Gasteiger partial charge is 0.334 e. The van der Waals surface area contributed by atoms with Gasteiger partial charge in [0.25, 0.3) is 0 Å². The second-order valence-electron chi connectivity index (χ2n) is 7.99.